The number of nitrogens with one attached hydrogen (secondary N) is 1. The van der Waals surface area contributed by atoms with Crippen molar-refractivity contribution in [2.75, 3.05) is 17.7 Å². The zero-order valence-electron chi connectivity index (χ0n) is 11.3. The molecule has 0 aliphatic carbocycles. The van der Waals surface area contributed by atoms with E-state index in [9.17, 15) is 16.8 Å². The summed E-state index contributed by atoms with van der Waals surface area (Å²) in [5, 5.41) is 0.269. The molecule has 0 saturated carbocycles. The Balaban J connectivity index is 3.09. The van der Waals surface area contributed by atoms with Gasteiger partial charge >= 0.3 is 0 Å². The summed E-state index contributed by atoms with van der Waals surface area (Å²) >= 11 is 5.81. The molecule has 0 heterocycles. The number of nitrogen functional groups attached to an aromatic ring is 1. The summed E-state index contributed by atoms with van der Waals surface area (Å²) < 4.78 is 49.0. The van der Waals surface area contributed by atoms with Gasteiger partial charge in [0.15, 0.2) is 0 Å². The first-order chi connectivity index (χ1) is 8.92. The number of aryl methyl sites for hydroxylation is 1. The van der Waals surface area contributed by atoms with Gasteiger partial charge in [-0.15, -0.1) is 0 Å². The molecule has 1 unspecified atom stereocenters. The molecule has 20 heavy (non-hydrogen) atoms. The standard InChI is InChI=1S/C11H17ClN2O4S2/c1-7-4-9(12)10(13)5-11(7)20(17,18)14-8(2)6-19(3,15)16/h4-5,8,14H,6,13H2,1-3H3. The van der Waals surface area contributed by atoms with Crippen molar-refractivity contribution in [2.24, 2.45) is 0 Å². The number of hydrogen-bond donors (Lipinski definition) is 2. The lowest BCUT2D eigenvalue weighted by molar-refractivity contribution is 0.564. The molecule has 1 atom stereocenters. The maximum Gasteiger partial charge on any atom is 0.241 e. The average molecular weight is 341 g/mol. The number of hydrogen-bond acceptors (Lipinski definition) is 5. The van der Waals surface area contributed by atoms with Crippen LogP contribution in [0.2, 0.25) is 5.02 Å². The van der Waals surface area contributed by atoms with E-state index >= 15 is 0 Å². The first-order valence-electron chi connectivity index (χ1n) is 5.68. The number of anilines is 1. The highest BCUT2D eigenvalue weighted by atomic mass is 35.5. The van der Waals surface area contributed by atoms with Crippen molar-refractivity contribution < 1.29 is 16.8 Å². The summed E-state index contributed by atoms with van der Waals surface area (Å²) in [7, 11) is -7.13. The summed E-state index contributed by atoms with van der Waals surface area (Å²) in [5.74, 6) is -0.283. The Labute approximate surface area is 124 Å². The minimum atomic E-state index is -3.85. The molecule has 0 radical (unpaired) electrons. The molecule has 0 amide bonds. The van der Waals surface area contributed by atoms with E-state index in [-0.39, 0.29) is 21.4 Å². The van der Waals surface area contributed by atoms with Crippen molar-refractivity contribution in [1.29, 1.82) is 0 Å². The maximum absolute atomic E-state index is 12.2. The quantitative estimate of drug-likeness (QED) is 0.776. The van der Waals surface area contributed by atoms with Gasteiger partial charge in [-0.2, -0.15) is 0 Å². The molecule has 1 aromatic carbocycles. The summed E-state index contributed by atoms with van der Waals surface area (Å²) in [6.07, 6.45) is 1.04. The monoisotopic (exact) mass is 340 g/mol. The van der Waals surface area contributed by atoms with Crippen molar-refractivity contribution in [2.45, 2.75) is 24.8 Å². The molecular weight excluding hydrogens is 324 g/mol. The van der Waals surface area contributed by atoms with E-state index in [1.165, 1.54) is 19.1 Å². The van der Waals surface area contributed by atoms with Crippen molar-refractivity contribution in [3.63, 3.8) is 0 Å². The normalized spacial score (nSPS) is 14.2. The smallest absolute Gasteiger partial charge is 0.241 e. The van der Waals surface area contributed by atoms with E-state index in [1.807, 2.05) is 0 Å². The molecule has 0 bridgehead atoms. The van der Waals surface area contributed by atoms with Crippen LogP contribution in [0.5, 0.6) is 0 Å². The van der Waals surface area contributed by atoms with E-state index in [0.29, 0.717) is 5.56 Å². The largest absolute Gasteiger partial charge is 0.397 e. The van der Waals surface area contributed by atoms with Crippen LogP contribution < -0.4 is 10.5 Å². The van der Waals surface area contributed by atoms with Crippen molar-refractivity contribution in [3.05, 3.63) is 22.7 Å². The van der Waals surface area contributed by atoms with Gasteiger partial charge in [0.25, 0.3) is 0 Å². The van der Waals surface area contributed by atoms with Crippen LogP contribution in [0.3, 0.4) is 0 Å². The second kappa shape index (κ2) is 5.88. The maximum atomic E-state index is 12.2. The molecule has 3 N–H and O–H groups in total. The van der Waals surface area contributed by atoms with Gasteiger partial charge in [-0.1, -0.05) is 11.6 Å². The zero-order valence-corrected chi connectivity index (χ0v) is 13.7. The highest BCUT2D eigenvalue weighted by molar-refractivity contribution is 7.91. The van der Waals surface area contributed by atoms with Crippen LogP contribution in [-0.4, -0.2) is 34.9 Å². The fourth-order valence-corrected chi connectivity index (χ4v) is 4.59. The van der Waals surface area contributed by atoms with E-state index in [2.05, 4.69) is 4.72 Å². The molecule has 114 valence electrons. The average Bonchev–Trinajstić information content (AvgIpc) is 2.19. The predicted molar refractivity (Wildman–Crippen MR) is 80.1 cm³/mol. The molecule has 0 spiro atoms. The Morgan fingerprint density at radius 3 is 2.35 bits per heavy atom. The van der Waals surface area contributed by atoms with Crippen molar-refractivity contribution >= 4 is 37.1 Å². The number of sulfonamides is 1. The molecule has 0 fully saturated rings. The second-order valence-corrected chi connectivity index (χ2v) is 9.03. The lowest BCUT2D eigenvalue weighted by Gasteiger charge is -2.15. The van der Waals surface area contributed by atoms with E-state index in [1.54, 1.807) is 6.92 Å². The Hall–Kier alpha value is -0.830. The van der Waals surface area contributed by atoms with Gasteiger partial charge in [0.05, 0.1) is 21.4 Å². The number of sulfone groups is 1. The van der Waals surface area contributed by atoms with Gasteiger partial charge in [-0.05, 0) is 31.5 Å². The summed E-state index contributed by atoms with van der Waals surface area (Å²) in [4.78, 5) is -0.0141. The summed E-state index contributed by atoms with van der Waals surface area (Å²) in [6, 6.07) is 1.96. The van der Waals surface area contributed by atoms with Crippen molar-refractivity contribution in [3.8, 4) is 0 Å². The Morgan fingerprint density at radius 1 is 1.30 bits per heavy atom. The second-order valence-electron chi connectivity index (χ2n) is 4.75. The lowest BCUT2D eigenvalue weighted by Crippen LogP contribution is -2.37. The predicted octanol–water partition coefficient (Wildman–Crippen LogP) is 0.942. The summed E-state index contributed by atoms with van der Waals surface area (Å²) in [5.41, 5.74) is 6.18. The van der Waals surface area contributed by atoms with Crippen LogP contribution >= 0.6 is 11.6 Å². The van der Waals surface area contributed by atoms with E-state index < -0.39 is 25.9 Å². The fraction of sp³-hybridized carbons (Fsp3) is 0.455. The van der Waals surface area contributed by atoms with Gasteiger partial charge < -0.3 is 5.73 Å². The highest BCUT2D eigenvalue weighted by Crippen LogP contribution is 2.26. The molecule has 0 aliphatic heterocycles. The van der Waals surface area contributed by atoms with Gasteiger partial charge in [-0.25, -0.2) is 21.6 Å². The number of benzene rings is 1. The van der Waals surface area contributed by atoms with Crippen molar-refractivity contribution in [1.82, 2.24) is 4.72 Å². The topological polar surface area (TPSA) is 106 Å². The first kappa shape index (κ1) is 17.2. The van der Waals surface area contributed by atoms with Gasteiger partial charge in [0.1, 0.15) is 9.84 Å². The van der Waals surface area contributed by atoms with Crippen LogP contribution in [-0.2, 0) is 19.9 Å². The fourth-order valence-electron chi connectivity index (χ4n) is 1.77. The van der Waals surface area contributed by atoms with Crippen LogP contribution in [0, 0.1) is 6.92 Å². The van der Waals surface area contributed by atoms with Crippen LogP contribution in [0.25, 0.3) is 0 Å². The van der Waals surface area contributed by atoms with Gasteiger partial charge in [0, 0.05) is 12.3 Å². The number of rotatable bonds is 5. The number of halogens is 1. The zero-order chi connectivity index (χ0) is 15.7. The molecular formula is C11H17ClN2O4S2. The third-order valence-electron chi connectivity index (χ3n) is 2.49. The van der Waals surface area contributed by atoms with E-state index in [4.69, 9.17) is 17.3 Å². The van der Waals surface area contributed by atoms with Crippen LogP contribution in [0.15, 0.2) is 17.0 Å². The SMILES string of the molecule is Cc1cc(Cl)c(N)cc1S(=O)(=O)NC(C)CS(C)(=O)=O. The minimum absolute atomic E-state index is 0.0141. The lowest BCUT2D eigenvalue weighted by atomic mass is 10.2. The number of nitrogens with two attached hydrogens (primary N) is 1. The first-order valence-corrected chi connectivity index (χ1v) is 9.60. The van der Waals surface area contributed by atoms with Gasteiger partial charge in [-0.3, -0.25) is 0 Å². The Morgan fingerprint density at radius 2 is 1.85 bits per heavy atom. The third kappa shape index (κ3) is 4.62. The molecule has 1 rings (SSSR count). The Bertz CT molecular complexity index is 714. The van der Waals surface area contributed by atoms with Gasteiger partial charge in [0.2, 0.25) is 10.0 Å². The summed E-state index contributed by atoms with van der Waals surface area (Å²) in [6.45, 7) is 3.06. The molecule has 6 nitrogen and oxygen atoms in total. The molecule has 9 heteroatoms. The molecule has 1 aromatic rings. The molecule has 0 aliphatic rings. The minimum Gasteiger partial charge on any atom is -0.397 e. The third-order valence-corrected chi connectivity index (χ3v) is 5.66. The van der Waals surface area contributed by atoms with E-state index in [0.717, 1.165) is 6.26 Å². The molecule has 0 aromatic heterocycles. The Kier molecular flexibility index (Phi) is 5.07. The molecule has 0 saturated heterocycles. The highest BCUT2D eigenvalue weighted by Gasteiger charge is 2.22. The van der Waals surface area contributed by atoms with Crippen LogP contribution in [0.1, 0.15) is 12.5 Å². The van der Waals surface area contributed by atoms with Crippen LogP contribution in [0.4, 0.5) is 5.69 Å².